The van der Waals surface area contributed by atoms with Crippen molar-refractivity contribution in [1.29, 1.82) is 0 Å². The maximum absolute atomic E-state index is 13.5. The van der Waals surface area contributed by atoms with Gasteiger partial charge in [-0.25, -0.2) is 0 Å². The number of nitrogens with one attached hydrogen (secondary N) is 1. The van der Waals surface area contributed by atoms with E-state index in [9.17, 15) is 9.59 Å². The third-order valence-electron chi connectivity index (χ3n) is 6.57. The highest BCUT2D eigenvalue weighted by molar-refractivity contribution is 6.30. The summed E-state index contributed by atoms with van der Waals surface area (Å²) in [5, 5.41) is 3.79. The lowest BCUT2D eigenvalue weighted by atomic mass is 9.75. The number of ketones is 1. The van der Waals surface area contributed by atoms with Crippen LogP contribution in [0.4, 0.5) is 0 Å². The molecule has 2 aromatic rings. The summed E-state index contributed by atoms with van der Waals surface area (Å²) in [7, 11) is 0. The lowest BCUT2D eigenvalue weighted by molar-refractivity contribution is -0.126. The fourth-order valence-electron chi connectivity index (χ4n) is 5.09. The molecule has 2 aromatic carbocycles. The molecule has 4 nitrogen and oxygen atoms in total. The molecule has 5 heteroatoms. The molecule has 2 aliphatic rings. The predicted octanol–water partition coefficient (Wildman–Crippen LogP) is 4.95. The van der Waals surface area contributed by atoms with E-state index in [1.807, 2.05) is 45.0 Å². The minimum atomic E-state index is -0.744. The van der Waals surface area contributed by atoms with Crippen LogP contribution in [0.3, 0.4) is 0 Å². The summed E-state index contributed by atoms with van der Waals surface area (Å²) in [5.74, 6) is -0.827. The summed E-state index contributed by atoms with van der Waals surface area (Å²) in [6.45, 7) is 6.54. The second kappa shape index (κ2) is 8.16. The van der Waals surface area contributed by atoms with Crippen molar-refractivity contribution in [3.63, 3.8) is 0 Å². The quantitative estimate of drug-likeness (QED) is 0.705. The molecule has 1 saturated heterocycles. The average Bonchev–Trinajstić information content (AvgIpc) is 2.92. The van der Waals surface area contributed by atoms with Gasteiger partial charge in [0, 0.05) is 5.02 Å². The normalized spacial score (nSPS) is 26.3. The van der Waals surface area contributed by atoms with Crippen LogP contribution in [0.2, 0.25) is 5.02 Å². The summed E-state index contributed by atoms with van der Waals surface area (Å²) < 4.78 is 6.07. The first-order valence-electron chi connectivity index (χ1n) is 10.6. The molecule has 0 aromatic heterocycles. The van der Waals surface area contributed by atoms with E-state index >= 15 is 0 Å². The van der Waals surface area contributed by atoms with Crippen LogP contribution in [-0.2, 0) is 20.9 Å². The zero-order valence-corrected chi connectivity index (χ0v) is 18.5. The molecule has 2 fully saturated rings. The van der Waals surface area contributed by atoms with E-state index in [0.29, 0.717) is 24.5 Å². The van der Waals surface area contributed by atoms with E-state index in [1.54, 1.807) is 0 Å². The second-order valence-corrected chi connectivity index (χ2v) is 9.25. The molecule has 0 bridgehead atoms. The van der Waals surface area contributed by atoms with Crippen molar-refractivity contribution in [1.82, 2.24) is 5.32 Å². The molecule has 158 valence electrons. The number of halogens is 1. The first-order valence-corrected chi connectivity index (χ1v) is 11.0. The third kappa shape index (κ3) is 3.91. The highest BCUT2D eigenvalue weighted by Crippen LogP contribution is 2.41. The van der Waals surface area contributed by atoms with Gasteiger partial charge in [0.1, 0.15) is 5.92 Å². The Labute approximate surface area is 183 Å². The van der Waals surface area contributed by atoms with E-state index in [2.05, 4.69) is 17.4 Å². The predicted molar refractivity (Wildman–Crippen MR) is 118 cm³/mol. The molecular formula is C25H28ClNO3. The standard InChI is InChI=1S/C25H28ClNO3/c1-15-12-16(2)21(17(3)13-15)22-23(28)25(27-24(22)29)10-8-20(9-11-25)30-14-18-4-6-19(26)7-5-18/h4-7,12-13,20,22H,8-11,14H2,1-3H3,(H,27,29). The van der Waals surface area contributed by atoms with E-state index in [1.165, 1.54) is 0 Å². The van der Waals surface area contributed by atoms with Gasteiger partial charge in [-0.05, 0) is 80.8 Å². The van der Waals surface area contributed by atoms with Crippen molar-refractivity contribution < 1.29 is 14.3 Å². The van der Waals surface area contributed by atoms with Gasteiger partial charge in [0.2, 0.25) is 5.91 Å². The van der Waals surface area contributed by atoms with Gasteiger partial charge in [-0.3, -0.25) is 9.59 Å². The summed E-state index contributed by atoms with van der Waals surface area (Å²) in [6.07, 6.45) is 2.88. The van der Waals surface area contributed by atoms with Crippen molar-refractivity contribution in [2.24, 2.45) is 0 Å². The van der Waals surface area contributed by atoms with Crippen LogP contribution < -0.4 is 5.32 Å². The Hall–Kier alpha value is -2.17. The lowest BCUT2D eigenvalue weighted by Gasteiger charge is -2.35. The van der Waals surface area contributed by atoms with Crippen LogP contribution in [0.25, 0.3) is 0 Å². The number of amides is 1. The lowest BCUT2D eigenvalue weighted by Crippen LogP contribution is -2.50. The van der Waals surface area contributed by atoms with Crippen LogP contribution >= 0.6 is 11.6 Å². The van der Waals surface area contributed by atoms with Crippen LogP contribution in [-0.4, -0.2) is 23.3 Å². The summed E-state index contributed by atoms with van der Waals surface area (Å²) >= 11 is 5.93. The molecular weight excluding hydrogens is 398 g/mol. The number of hydrogen-bond acceptors (Lipinski definition) is 3. The Balaban J connectivity index is 1.43. The number of carbonyl (C=O) groups is 2. The van der Waals surface area contributed by atoms with E-state index in [4.69, 9.17) is 16.3 Å². The molecule has 0 radical (unpaired) electrons. The van der Waals surface area contributed by atoms with Gasteiger partial charge in [0.15, 0.2) is 5.78 Å². The Morgan fingerprint density at radius 2 is 1.63 bits per heavy atom. The molecule has 1 atom stereocenters. The van der Waals surface area contributed by atoms with Crippen molar-refractivity contribution in [2.75, 3.05) is 0 Å². The monoisotopic (exact) mass is 425 g/mol. The summed E-state index contributed by atoms with van der Waals surface area (Å²) in [6, 6.07) is 11.7. The molecule has 1 amide bonds. The molecule has 30 heavy (non-hydrogen) atoms. The summed E-state index contributed by atoms with van der Waals surface area (Å²) in [5.41, 5.74) is 4.38. The van der Waals surface area contributed by atoms with Crippen molar-refractivity contribution >= 4 is 23.3 Å². The zero-order chi connectivity index (χ0) is 21.5. The summed E-state index contributed by atoms with van der Waals surface area (Å²) in [4.78, 5) is 26.4. The topological polar surface area (TPSA) is 55.4 Å². The number of carbonyl (C=O) groups excluding carboxylic acids is 2. The third-order valence-corrected chi connectivity index (χ3v) is 6.82. The molecule has 1 aliphatic heterocycles. The Bertz CT molecular complexity index is 951. The molecule has 1 N–H and O–H groups in total. The highest BCUT2D eigenvalue weighted by Gasteiger charge is 2.54. The Kier molecular flexibility index (Phi) is 5.73. The van der Waals surface area contributed by atoms with Crippen LogP contribution in [0, 0.1) is 20.8 Å². The number of rotatable bonds is 4. The van der Waals surface area contributed by atoms with Crippen molar-refractivity contribution in [3.8, 4) is 0 Å². The van der Waals surface area contributed by atoms with E-state index in [-0.39, 0.29) is 17.8 Å². The second-order valence-electron chi connectivity index (χ2n) is 8.82. The van der Waals surface area contributed by atoms with Crippen molar-refractivity contribution in [2.45, 2.75) is 70.6 Å². The number of aryl methyl sites for hydroxylation is 3. The SMILES string of the molecule is Cc1cc(C)c(C2C(=O)NC3(CCC(OCc4ccc(Cl)cc4)CC3)C2=O)c(C)c1. The van der Waals surface area contributed by atoms with Gasteiger partial charge in [0.05, 0.1) is 18.2 Å². The number of ether oxygens (including phenoxy) is 1. The molecule has 1 saturated carbocycles. The Morgan fingerprint density at radius 1 is 1.03 bits per heavy atom. The fraction of sp³-hybridized carbons (Fsp3) is 0.440. The minimum Gasteiger partial charge on any atom is -0.374 e. The zero-order valence-electron chi connectivity index (χ0n) is 17.8. The van der Waals surface area contributed by atoms with Crippen LogP contribution in [0.15, 0.2) is 36.4 Å². The average molecular weight is 426 g/mol. The first kappa shape index (κ1) is 21.1. The molecule has 1 heterocycles. The molecule has 1 spiro atoms. The maximum atomic E-state index is 13.5. The van der Waals surface area contributed by atoms with Gasteiger partial charge in [0.25, 0.3) is 0 Å². The minimum absolute atomic E-state index is 0.0266. The van der Waals surface area contributed by atoms with Crippen LogP contribution in [0.1, 0.15) is 59.4 Å². The first-order chi connectivity index (χ1) is 14.3. The molecule has 1 aliphatic carbocycles. The number of benzene rings is 2. The number of hydrogen-bond donors (Lipinski definition) is 1. The highest BCUT2D eigenvalue weighted by atomic mass is 35.5. The molecule has 1 unspecified atom stereocenters. The van der Waals surface area contributed by atoms with Gasteiger partial charge in [-0.2, -0.15) is 0 Å². The largest absolute Gasteiger partial charge is 0.374 e. The molecule has 4 rings (SSSR count). The van der Waals surface area contributed by atoms with Crippen molar-refractivity contribution in [3.05, 3.63) is 69.2 Å². The van der Waals surface area contributed by atoms with Gasteiger partial charge in [-0.15, -0.1) is 0 Å². The smallest absolute Gasteiger partial charge is 0.235 e. The fourth-order valence-corrected chi connectivity index (χ4v) is 5.22. The number of Topliss-reactive ketones (excluding diaryl/α,β-unsaturated/α-hetero) is 1. The Morgan fingerprint density at radius 3 is 2.23 bits per heavy atom. The van der Waals surface area contributed by atoms with Gasteiger partial charge >= 0.3 is 0 Å². The van der Waals surface area contributed by atoms with E-state index < -0.39 is 11.5 Å². The maximum Gasteiger partial charge on any atom is 0.235 e. The van der Waals surface area contributed by atoms with E-state index in [0.717, 1.165) is 40.7 Å². The van der Waals surface area contributed by atoms with Crippen LogP contribution in [0.5, 0.6) is 0 Å². The van der Waals surface area contributed by atoms with Gasteiger partial charge < -0.3 is 10.1 Å². The van der Waals surface area contributed by atoms with Gasteiger partial charge in [-0.1, -0.05) is 41.4 Å².